The van der Waals surface area contributed by atoms with Crippen LogP contribution in [0.1, 0.15) is 73.0 Å². The molecular weight excluding hydrogens is 598 g/mol. The molecule has 0 N–H and O–H groups in total. The Balaban J connectivity index is 1.60. The topological polar surface area (TPSA) is 54.3 Å². The number of aryl methyl sites for hydroxylation is 1. The van der Waals surface area contributed by atoms with Crippen LogP contribution in [0.25, 0.3) is 0 Å². The van der Waals surface area contributed by atoms with Crippen LogP contribution in [0.5, 0.6) is 0 Å². The lowest BCUT2D eigenvalue weighted by molar-refractivity contribution is -0.275. The van der Waals surface area contributed by atoms with E-state index in [1.807, 2.05) is 13.0 Å². The van der Waals surface area contributed by atoms with Crippen LogP contribution in [0, 0.1) is 6.92 Å². The highest BCUT2D eigenvalue weighted by molar-refractivity contribution is 6.34. The Morgan fingerprint density at radius 1 is 1.07 bits per heavy atom. The van der Waals surface area contributed by atoms with Gasteiger partial charge in [-0.15, -0.1) is 0 Å². The fourth-order valence-corrected chi connectivity index (χ4v) is 5.71. The molecule has 0 spiro atoms. The van der Waals surface area contributed by atoms with E-state index < -0.39 is 18.2 Å². The molecule has 0 aliphatic carbocycles. The van der Waals surface area contributed by atoms with Crippen LogP contribution in [0.15, 0.2) is 69.4 Å². The Morgan fingerprint density at radius 3 is 2.39 bits per heavy atom. The van der Waals surface area contributed by atoms with Crippen LogP contribution < -0.4 is 0 Å². The summed E-state index contributed by atoms with van der Waals surface area (Å²) in [6.07, 6.45) is 1.23. The molecule has 2 aromatic carbocycles. The number of amidine groups is 1. The third kappa shape index (κ3) is 6.65. The summed E-state index contributed by atoms with van der Waals surface area (Å²) in [4.78, 5) is 24.9. The lowest BCUT2D eigenvalue weighted by Gasteiger charge is -2.29. The second-order valence-corrected chi connectivity index (χ2v) is 11.2. The molecule has 2 heterocycles. The van der Waals surface area contributed by atoms with Gasteiger partial charge in [0.15, 0.2) is 0 Å². The Morgan fingerprint density at radius 2 is 1.78 bits per heavy atom. The Kier molecular flexibility index (Phi) is 9.56. The summed E-state index contributed by atoms with van der Waals surface area (Å²) in [5.74, 6) is 0.346. The Labute approximate surface area is 252 Å². The SMILES string of the molecule is CC/C1=C\C(Cl)=C/N=C(N(CC)C(=O)c2ccc(C3=NOC(c4cc(Cl)cc(Cl)c4)(C(F)(F)F)C3)cc2C)CCC1. The first-order valence-electron chi connectivity index (χ1n) is 13.2. The second kappa shape index (κ2) is 12.6. The molecule has 4 rings (SSSR count). The van der Waals surface area contributed by atoms with Crippen LogP contribution in [0.2, 0.25) is 10.0 Å². The fraction of sp³-hybridized carbons (Fsp3) is 0.367. The number of benzene rings is 2. The molecule has 0 fully saturated rings. The molecule has 0 saturated heterocycles. The molecule has 0 aromatic heterocycles. The van der Waals surface area contributed by atoms with Crippen LogP contribution in [-0.4, -0.2) is 35.1 Å². The van der Waals surface area contributed by atoms with E-state index in [1.54, 1.807) is 36.2 Å². The van der Waals surface area contributed by atoms with Gasteiger partial charge in [-0.1, -0.05) is 58.5 Å². The van der Waals surface area contributed by atoms with Crippen molar-refractivity contribution in [3.63, 3.8) is 0 Å². The van der Waals surface area contributed by atoms with E-state index in [9.17, 15) is 18.0 Å². The van der Waals surface area contributed by atoms with E-state index >= 15 is 0 Å². The molecule has 41 heavy (non-hydrogen) atoms. The summed E-state index contributed by atoms with van der Waals surface area (Å²) in [6.45, 7) is 6.05. The zero-order chi connectivity index (χ0) is 29.9. The Hall–Kier alpha value is -2.81. The van der Waals surface area contributed by atoms with Crippen molar-refractivity contribution in [1.29, 1.82) is 0 Å². The van der Waals surface area contributed by atoms with Gasteiger partial charge in [0.05, 0.1) is 10.7 Å². The average Bonchev–Trinajstić information content (AvgIpc) is 3.40. The number of nitrogens with zero attached hydrogens (tertiary/aromatic N) is 3. The number of aliphatic imine (C=N–C) groups is 1. The van der Waals surface area contributed by atoms with E-state index in [4.69, 9.17) is 39.6 Å². The predicted octanol–water partition coefficient (Wildman–Crippen LogP) is 9.35. The van der Waals surface area contributed by atoms with Crippen molar-refractivity contribution in [3.8, 4) is 0 Å². The van der Waals surface area contributed by atoms with Crippen molar-refractivity contribution < 1.29 is 22.8 Å². The summed E-state index contributed by atoms with van der Waals surface area (Å²) in [5, 5.41) is 4.43. The molecular formula is C30H29Cl3F3N3O2. The predicted molar refractivity (Wildman–Crippen MR) is 158 cm³/mol. The summed E-state index contributed by atoms with van der Waals surface area (Å²) in [5.41, 5.74) is -0.277. The number of carbonyl (C=O) groups excluding carboxylic acids is 1. The molecule has 0 radical (unpaired) electrons. The number of halogens is 6. The smallest absolute Gasteiger partial charge is 0.374 e. The van der Waals surface area contributed by atoms with Gasteiger partial charge >= 0.3 is 6.18 Å². The van der Waals surface area contributed by atoms with Crippen LogP contribution in [0.3, 0.4) is 0 Å². The van der Waals surface area contributed by atoms with Gasteiger partial charge in [-0.05, 0) is 80.6 Å². The Bertz CT molecular complexity index is 1450. The maximum absolute atomic E-state index is 14.4. The maximum atomic E-state index is 14.4. The van der Waals surface area contributed by atoms with Gasteiger partial charge in [0.25, 0.3) is 11.5 Å². The zero-order valence-corrected chi connectivity index (χ0v) is 25.1. The number of carbonyl (C=O) groups is 1. The first-order valence-corrected chi connectivity index (χ1v) is 14.3. The zero-order valence-electron chi connectivity index (χ0n) is 22.8. The normalized spacial score (nSPS) is 22.2. The third-order valence-corrected chi connectivity index (χ3v) is 7.85. The summed E-state index contributed by atoms with van der Waals surface area (Å²) < 4.78 is 43.2. The largest absolute Gasteiger partial charge is 0.435 e. The minimum Gasteiger partial charge on any atom is -0.374 e. The van der Waals surface area contributed by atoms with Crippen molar-refractivity contribution in [3.05, 3.63) is 91.6 Å². The van der Waals surface area contributed by atoms with Crippen LogP contribution in [0.4, 0.5) is 13.2 Å². The van der Waals surface area contributed by atoms with Crippen molar-refractivity contribution in [2.24, 2.45) is 10.1 Å². The van der Waals surface area contributed by atoms with Gasteiger partial charge in [-0.3, -0.25) is 9.69 Å². The number of rotatable bonds is 5. The molecule has 11 heteroatoms. The molecule has 5 nitrogen and oxygen atoms in total. The summed E-state index contributed by atoms with van der Waals surface area (Å²) >= 11 is 18.3. The average molecular weight is 627 g/mol. The standard InChI is InChI=1S/C30H29Cl3F3N3O2/c1-4-19-7-6-8-27(37-17-24(33)12-19)39(5-2)28(40)25-10-9-20(11-18(25)3)26-16-29(41-38-26,30(34,35)36)21-13-22(31)15-23(32)14-21/h9-15,17H,4-8,16H2,1-3H3/b19-12+,24-17+,37-27?. The summed E-state index contributed by atoms with van der Waals surface area (Å²) in [6, 6.07) is 8.50. The number of hydrogen-bond donors (Lipinski definition) is 0. The van der Waals surface area contributed by atoms with Crippen molar-refractivity contribution in [2.75, 3.05) is 6.54 Å². The first-order chi connectivity index (χ1) is 19.4. The van der Waals surface area contributed by atoms with Gasteiger partial charge in [-0.25, -0.2) is 4.99 Å². The molecule has 0 saturated carbocycles. The van der Waals surface area contributed by atoms with E-state index in [1.165, 1.54) is 23.8 Å². The maximum Gasteiger partial charge on any atom is 0.435 e. The highest BCUT2D eigenvalue weighted by atomic mass is 35.5. The molecule has 2 aliphatic rings. The first kappa shape index (κ1) is 31.1. The van der Waals surface area contributed by atoms with Gasteiger partial charge < -0.3 is 4.84 Å². The molecule has 1 amide bonds. The summed E-state index contributed by atoms with van der Waals surface area (Å²) in [7, 11) is 0. The second-order valence-electron chi connectivity index (χ2n) is 9.94. The van der Waals surface area contributed by atoms with Crippen molar-refractivity contribution in [1.82, 2.24) is 4.90 Å². The lowest BCUT2D eigenvalue weighted by Crippen LogP contribution is -2.42. The monoisotopic (exact) mass is 625 g/mol. The third-order valence-electron chi connectivity index (χ3n) is 7.21. The molecule has 1 unspecified atom stereocenters. The van der Waals surface area contributed by atoms with Crippen LogP contribution >= 0.6 is 34.8 Å². The highest BCUT2D eigenvalue weighted by Crippen LogP contribution is 2.49. The van der Waals surface area contributed by atoms with Crippen molar-refractivity contribution >= 4 is 52.3 Å². The van der Waals surface area contributed by atoms with E-state index in [2.05, 4.69) is 17.1 Å². The number of alkyl halides is 3. The number of oxime groups is 1. The fourth-order valence-electron chi connectivity index (χ4n) is 4.98. The van der Waals surface area contributed by atoms with E-state index in [0.717, 1.165) is 19.3 Å². The van der Waals surface area contributed by atoms with Gasteiger partial charge in [0, 0.05) is 46.8 Å². The highest BCUT2D eigenvalue weighted by Gasteiger charge is 2.62. The van der Waals surface area contributed by atoms with Gasteiger partial charge in [-0.2, -0.15) is 13.2 Å². The number of allylic oxidation sites excluding steroid dienone is 3. The quantitative estimate of drug-likeness (QED) is 0.332. The molecule has 1 atom stereocenters. The minimum absolute atomic E-state index is 0.0525. The van der Waals surface area contributed by atoms with Crippen LogP contribution in [-0.2, 0) is 10.4 Å². The van der Waals surface area contributed by atoms with Crippen molar-refractivity contribution in [2.45, 2.75) is 64.7 Å². The molecule has 218 valence electrons. The van der Waals surface area contributed by atoms with Gasteiger partial charge in [0.2, 0.25) is 0 Å². The molecule has 2 aromatic rings. The van der Waals surface area contributed by atoms with E-state index in [0.29, 0.717) is 40.5 Å². The lowest BCUT2D eigenvalue weighted by atomic mass is 9.86. The molecule has 0 bridgehead atoms. The number of amides is 1. The molecule has 2 aliphatic heterocycles. The van der Waals surface area contributed by atoms with E-state index in [-0.39, 0.29) is 27.2 Å². The number of hydrogen-bond acceptors (Lipinski definition) is 4. The van der Waals surface area contributed by atoms with Gasteiger partial charge in [0.1, 0.15) is 5.84 Å². The minimum atomic E-state index is -4.80.